The predicted octanol–water partition coefficient (Wildman–Crippen LogP) is 4.47. The number of aryl methyl sites for hydroxylation is 2. The monoisotopic (exact) mass is 280 g/mol. The van der Waals surface area contributed by atoms with Crippen LogP contribution in [0.1, 0.15) is 36.1 Å². The van der Waals surface area contributed by atoms with E-state index in [1.165, 1.54) is 26.7 Å². The van der Waals surface area contributed by atoms with Crippen LogP contribution < -0.4 is 0 Å². The maximum Gasteiger partial charge on any atom is 0.0864 e. The smallest absolute Gasteiger partial charge is 0.0864 e. The first-order valence-electron chi connectivity index (χ1n) is 5.62. The van der Waals surface area contributed by atoms with Gasteiger partial charge in [0.25, 0.3) is 0 Å². The van der Waals surface area contributed by atoms with Gasteiger partial charge in [0.05, 0.1) is 12.7 Å². The summed E-state index contributed by atoms with van der Waals surface area (Å²) >= 11 is 3.59. The third-order valence-electron chi connectivity index (χ3n) is 3.02. The zero-order valence-corrected chi connectivity index (χ0v) is 11.6. The molecule has 0 aliphatic carbocycles. The number of ether oxygens (including phenoxy) is 1. The van der Waals surface area contributed by atoms with Gasteiger partial charge in [-0.3, -0.25) is 0 Å². The Morgan fingerprint density at radius 2 is 1.81 bits per heavy atom. The Labute approximate surface area is 106 Å². The summed E-state index contributed by atoms with van der Waals surface area (Å²) in [6.07, 6.45) is 3.50. The van der Waals surface area contributed by atoms with E-state index < -0.39 is 0 Å². The van der Waals surface area contributed by atoms with Gasteiger partial charge < -0.3 is 4.74 Å². The molecule has 0 saturated carbocycles. The van der Waals surface area contributed by atoms with Gasteiger partial charge in [-0.1, -0.05) is 39.7 Å². The lowest BCUT2D eigenvalue weighted by molar-refractivity contribution is 0.0616. The molecule has 16 heavy (non-hydrogen) atoms. The lowest BCUT2D eigenvalue weighted by atomic mass is 9.99. The van der Waals surface area contributed by atoms with E-state index in [9.17, 15) is 0 Å². The third kappa shape index (κ3) is 2.38. The van der Waals surface area contributed by atoms with Gasteiger partial charge in [-0.2, -0.15) is 0 Å². The maximum absolute atomic E-state index is 5.84. The van der Waals surface area contributed by atoms with Crippen molar-refractivity contribution in [2.75, 3.05) is 6.61 Å². The highest BCUT2D eigenvalue weighted by Crippen LogP contribution is 2.31. The van der Waals surface area contributed by atoms with Crippen LogP contribution in [0.15, 0.2) is 28.3 Å². The normalized spacial score (nSPS) is 20.8. The van der Waals surface area contributed by atoms with Crippen molar-refractivity contribution in [3.63, 3.8) is 0 Å². The molecule has 0 spiro atoms. The van der Waals surface area contributed by atoms with Gasteiger partial charge in [0.1, 0.15) is 0 Å². The molecule has 86 valence electrons. The Balaban J connectivity index is 2.28. The van der Waals surface area contributed by atoms with E-state index in [1.54, 1.807) is 0 Å². The molecule has 2 heteroatoms. The Kier molecular flexibility index (Phi) is 3.50. The molecular weight excluding hydrogens is 264 g/mol. The molecule has 0 fully saturated rings. The summed E-state index contributed by atoms with van der Waals surface area (Å²) < 4.78 is 7.05. The summed E-state index contributed by atoms with van der Waals surface area (Å²) in [7, 11) is 0. The Morgan fingerprint density at radius 1 is 1.19 bits per heavy atom. The van der Waals surface area contributed by atoms with Crippen molar-refractivity contribution in [1.29, 1.82) is 0 Å². The minimum absolute atomic E-state index is 0.231. The first-order chi connectivity index (χ1) is 7.58. The van der Waals surface area contributed by atoms with E-state index in [2.05, 4.69) is 54.9 Å². The third-order valence-corrected chi connectivity index (χ3v) is 4.27. The standard InChI is InChI=1S/C14H17BrO/c1-9-4-5-13(16-8-9)12-6-10(2)14(15)11(3)7-12/h4,6-7,13H,5,8H2,1-3H3. The predicted molar refractivity (Wildman–Crippen MR) is 70.7 cm³/mol. The average Bonchev–Trinajstić information content (AvgIpc) is 2.26. The molecule has 0 amide bonds. The summed E-state index contributed by atoms with van der Waals surface area (Å²) in [5, 5.41) is 0. The number of halogens is 1. The van der Waals surface area contributed by atoms with Crippen LogP contribution in [0, 0.1) is 13.8 Å². The fourth-order valence-electron chi connectivity index (χ4n) is 2.06. The maximum atomic E-state index is 5.84. The van der Waals surface area contributed by atoms with Crippen LogP contribution >= 0.6 is 15.9 Å². The molecule has 1 aliphatic heterocycles. The first-order valence-corrected chi connectivity index (χ1v) is 6.41. The number of hydrogen-bond donors (Lipinski definition) is 0. The Hall–Kier alpha value is -0.600. The van der Waals surface area contributed by atoms with Gasteiger partial charge in [0.2, 0.25) is 0 Å². The van der Waals surface area contributed by atoms with Gasteiger partial charge in [-0.25, -0.2) is 0 Å². The molecule has 1 aromatic carbocycles. The number of benzene rings is 1. The molecule has 1 heterocycles. The summed E-state index contributed by atoms with van der Waals surface area (Å²) in [5.74, 6) is 0. The van der Waals surface area contributed by atoms with Gasteiger partial charge in [-0.15, -0.1) is 0 Å². The van der Waals surface area contributed by atoms with E-state index >= 15 is 0 Å². The Bertz CT molecular complexity index is 411. The van der Waals surface area contributed by atoms with Crippen LogP contribution in [0.3, 0.4) is 0 Å². The van der Waals surface area contributed by atoms with Crippen LogP contribution in [0.5, 0.6) is 0 Å². The van der Waals surface area contributed by atoms with Crippen LogP contribution in [0.25, 0.3) is 0 Å². The second kappa shape index (κ2) is 4.72. The largest absolute Gasteiger partial charge is 0.369 e. The second-order valence-electron chi connectivity index (χ2n) is 4.55. The number of hydrogen-bond acceptors (Lipinski definition) is 1. The van der Waals surface area contributed by atoms with Crippen LogP contribution in [-0.2, 0) is 4.74 Å². The summed E-state index contributed by atoms with van der Waals surface area (Å²) in [6.45, 7) is 7.14. The van der Waals surface area contributed by atoms with E-state index in [0.29, 0.717) is 0 Å². The van der Waals surface area contributed by atoms with Crippen molar-refractivity contribution in [1.82, 2.24) is 0 Å². The van der Waals surface area contributed by atoms with E-state index in [-0.39, 0.29) is 6.10 Å². The molecule has 0 aromatic heterocycles. The quantitative estimate of drug-likeness (QED) is 0.690. The van der Waals surface area contributed by atoms with Gasteiger partial charge in [-0.05, 0) is 43.9 Å². The van der Waals surface area contributed by atoms with Crippen molar-refractivity contribution in [2.24, 2.45) is 0 Å². The van der Waals surface area contributed by atoms with Crippen LogP contribution in [0.2, 0.25) is 0 Å². The Morgan fingerprint density at radius 3 is 2.31 bits per heavy atom. The van der Waals surface area contributed by atoms with Crippen molar-refractivity contribution in [2.45, 2.75) is 33.3 Å². The van der Waals surface area contributed by atoms with Crippen molar-refractivity contribution < 1.29 is 4.74 Å². The fourth-order valence-corrected chi connectivity index (χ4v) is 2.29. The fraction of sp³-hybridized carbons (Fsp3) is 0.429. The average molecular weight is 281 g/mol. The van der Waals surface area contributed by atoms with Crippen molar-refractivity contribution in [3.8, 4) is 0 Å². The minimum Gasteiger partial charge on any atom is -0.369 e. The van der Waals surface area contributed by atoms with Crippen molar-refractivity contribution in [3.05, 3.63) is 44.9 Å². The minimum atomic E-state index is 0.231. The van der Waals surface area contributed by atoms with E-state index in [0.717, 1.165) is 13.0 Å². The molecule has 0 saturated heterocycles. The molecule has 1 unspecified atom stereocenters. The lowest BCUT2D eigenvalue weighted by Crippen LogP contribution is -2.11. The van der Waals surface area contributed by atoms with E-state index in [1.807, 2.05) is 0 Å². The highest BCUT2D eigenvalue weighted by Gasteiger charge is 2.16. The molecule has 0 radical (unpaired) electrons. The summed E-state index contributed by atoms with van der Waals surface area (Å²) in [4.78, 5) is 0. The highest BCUT2D eigenvalue weighted by atomic mass is 79.9. The summed E-state index contributed by atoms with van der Waals surface area (Å²) in [5.41, 5.74) is 5.19. The van der Waals surface area contributed by atoms with E-state index in [4.69, 9.17) is 4.74 Å². The van der Waals surface area contributed by atoms with Crippen molar-refractivity contribution >= 4 is 15.9 Å². The molecule has 1 aliphatic rings. The van der Waals surface area contributed by atoms with Gasteiger partial charge in [0, 0.05) is 4.47 Å². The highest BCUT2D eigenvalue weighted by molar-refractivity contribution is 9.10. The topological polar surface area (TPSA) is 9.23 Å². The molecule has 1 aromatic rings. The second-order valence-corrected chi connectivity index (χ2v) is 5.35. The molecule has 1 nitrogen and oxygen atoms in total. The SMILES string of the molecule is CC1=CCC(c2cc(C)c(Br)c(C)c2)OC1. The number of rotatable bonds is 1. The van der Waals surface area contributed by atoms with Crippen LogP contribution in [0.4, 0.5) is 0 Å². The summed E-state index contributed by atoms with van der Waals surface area (Å²) in [6, 6.07) is 4.44. The first kappa shape index (κ1) is 11.9. The molecule has 2 rings (SSSR count). The molecule has 0 bridgehead atoms. The molecule has 1 atom stereocenters. The zero-order valence-electron chi connectivity index (χ0n) is 10.0. The zero-order chi connectivity index (χ0) is 11.7. The van der Waals surface area contributed by atoms with Gasteiger partial charge >= 0.3 is 0 Å². The molecule has 0 N–H and O–H groups in total. The molecular formula is C14H17BrO. The van der Waals surface area contributed by atoms with Gasteiger partial charge in [0.15, 0.2) is 0 Å². The van der Waals surface area contributed by atoms with Crippen LogP contribution in [-0.4, -0.2) is 6.61 Å². The lowest BCUT2D eigenvalue weighted by Gasteiger charge is -2.23.